The summed E-state index contributed by atoms with van der Waals surface area (Å²) in [5.41, 5.74) is 2.35. The van der Waals surface area contributed by atoms with Crippen molar-refractivity contribution in [2.75, 3.05) is 0 Å². The van der Waals surface area contributed by atoms with E-state index in [1.165, 1.54) is 5.57 Å². The lowest BCUT2D eigenvalue weighted by Crippen LogP contribution is -2.36. The summed E-state index contributed by atoms with van der Waals surface area (Å²) in [6, 6.07) is 0. The third-order valence-corrected chi connectivity index (χ3v) is 4.53. The van der Waals surface area contributed by atoms with Crippen LogP contribution in [0.3, 0.4) is 0 Å². The molecule has 2 aliphatic rings. The summed E-state index contributed by atoms with van der Waals surface area (Å²) in [4.78, 5) is 12.6. The van der Waals surface area contributed by atoms with Gasteiger partial charge in [-0.15, -0.1) is 0 Å². The van der Waals surface area contributed by atoms with Crippen LogP contribution < -0.4 is 0 Å². The normalized spacial score (nSPS) is 35.2. The van der Waals surface area contributed by atoms with Gasteiger partial charge in [-0.2, -0.15) is 0 Å². The van der Waals surface area contributed by atoms with Gasteiger partial charge in [0.15, 0.2) is 5.78 Å². The highest BCUT2D eigenvalue weighted by Crippen LogP contribution is 2.48. The first-order chi connectivity index (χ1) is 8.26. The van der Waals surface area contributed by atoms with Crippen molar-refractivity contribution in [2.45, 2.75) is 47.5 Å². The molecule has 98 valence electrons. The Morgan fingerprint density at radius 3 is 2.39 bits per heavy atom. The number of rotatable bonds is 1. The summed E-state index contributed by atoms with van der Waals surface area (Å²) in [5.74, 6) is 0.732. The molecule has 0 aromatic carbocycles. The predicted octanol–water partition coefficient (Wildman–Crippen LogP) is 4.46. The number of hydrogen-bond donors (Lipinski definition) is 0. The second-order valence-corrected chi connectivity index (χ2v) is 6.91. The van der Waals surface area contributed by atoms with Crippen molar-refractivity contribution in [2.24, 2.45) is 16.7 Å². The molecule has 2 unspecified atom stereocenters. The van der Waals surface area contributed by atoms with Crippen LogP contribution in [0, 0.1) is 16.7 Å². The van der Waals surface area contributed by atoms with E-state index in [0.717, 1.165) is 12.0 Å². The maximum absolute atomic E-state index is 12.6. The van der Waals surface area contributed by atoms with Crippen molar-refractivity contribution < 1.29 is 4.79 Å². The highest BCUT2D eigenvalue weighted by Gasteiger charge is 2.41. The maximum Gasteiger partial charge on any atom is 0.160 e. The van der Waals surface area contributed by atoms with Crippen molar-refractivity contribution in [3.8, 4) is 0 Å². The van der Waals surface area contributed by atoms with E-state index in [9.17, 15) is 4.79 Å². The van der Waals surface area contributed by atoms with Gasteiger partial charge >= 0.3 is 0 Å². The Kier molecular flexibility index (Phi) is 3.12. The first-order valence-electron chi connectivity index (χ1n) is 6.86. The van der Waals surface area contributed by atoms with Crippen LogP contribution in [0.1, 0.15) is 47.5 Å². The topological polar surface area (TPSA) is 17.1 Å². The van der Waals surface area contributed by atoms with Crippen molar-refractivity contribution in [1.82, 2.24) is 0 Å². The highest BCUT2D eigenvalue weighted by atomic mass is 16.1. The van der Waals surface area contributed by atoms with Crippen molar-refractivity contribution in [3.63, 3.8) is 0 Å². The van der Waals surface area contributed by atoms with Crippen molar-refractivity contribution in [3.05, 3.63) is 35.5 Å². The van der Waals surface area contributed by atoms with Crippen LogP contribution in [0.15, 0.2) is 35.5 Å². The lowest BCUT2D eigenvalue weighted by molar-refractivity contribution is -0.119. The number of carbonyl (C=O) groups is 1. The van der Waals surface area contributed by atoms with Gasteiger partial charge in [0.05, 0.1) is 0 Å². The molecule has 0 saturated heterocycles. The van der Waals surface area contributed by atoms with Crippen LogP contribution in [-0.2, 0) is 4.79 Å². The van der Waals surface area contributed by atoms with E-state index in [-0.39, 0.29) is 10.8 Å². The molecule has 0 aliphatic heterocycles. The molecule has 0 saturated carbocycles. The number of Topliss-reactive ketones (excluding diaryl/α,β-unsaturated/α-hetero) is 1. The average molecular weight is 244 g/mol. The van der Waals surface area contributed by atoms with Gasteiger partial charge in [0, 0.05) is 17.4 Å². The average Bonchev–Trinajstić information content (AvgIpc) is 2.19. The fourth-order valence-corrected chi connectivity index (χ4v) is 3.54. The number of allylic oxidation sites excluding steroid dienone is 6. The van der Waals surface area contributed by atoms with Gasteiger partial charge in [-0.3, -0.25) is 4.79 Å². The molecule has 0 bridgehead atoms. The molecular formula is C17H24O. The van der Waals surface area contributed by atoms with Crippen molar-refractivity contribution in [1.29, 1.82) is 0 Å². The highest BCUT2D eigenvalue weighted by molar-refractivity contribution is 5.99. The third kappa shape index (κ3) is 2.11. The largest absolute Gasteiger partial charge is 0.294 e. The van der Waals surface area contributed by atoms with Crippen LogP contribution in [-0.4, -0.2) is 5.78 Å². The zero-order valence-electron chi connectivity index (χ0n) is 12.2. The van der Waals surface area contributed by atoms with Crippen LogP contribution in [0.2, 0.25) is 0 Å². The molecule has 0 amide bonds. The third-order valence-electron chi connectivity index (χ3n) is 4.53. The van der Waals surface area contributed by atoms with Crippen LogP contribution >= 0.6 is 0 Å². The van der Waals surface area contributed by atoms with E-state index in [2.05, 4.69) is 58.9 Å². The summed E-state index contributed by atoms with van der Waals surface area (Å²) >= 11 is 0. The van der Waals surface area contributed by atoms with Crippen LogP contribution in [0.5, 0.6) is 0 Å². The minimum absolute atomic E-state index is 0.119. The molecule has 0 aromatic heterocycles. The van der Waals surface area contributed by atoms with E-state index >= 15 is 0 Å². The summed E-state index contributed by atoms with van der Waals surface area (Å²) in [6.07, 6.45) is 10.3. The van der Waals surface area contributed by atoms with E-state index in [0.29, 0.717) is 18.1 Å². The molecule has 0 fully saturated rings. The predicted molar refractivity (Wildman–Crippen MR) is 76.3 cm³/mol. The quantitative estimate of drug-likeness (QED) is 0.665. The Hall–Kier alpha value is -1.11. The Morgan fingerprint density at radius 2 is 1.83 bits per heavy atom. The second-order valence-electron chi connectivity index (χ2n) is 6.91. The van der Waals surface area contributed by atoms with Crippen LogP contribution in [0.25, 0.3) is 0 Å². The second kappa shape index (κ2) is 4.22. The standard InChI is InChI=1S/C17H24O/c1-12-10-16(3,4)11-14(18)15(12)17(5)9-7-6-8-13(17)2/h6-9,13H,10-11H2,1-5H3. The molecule has 2 aliphatic carbocycles. The SMILES string of the molecule is CC1=C(C2(C)C=CC=CC2C)C(=O)CC(C)(C)C1. The molecule has 18 heavy (non-hydrogen) atoms. The molecule has 0 N–H and O–H groups in total. The van der Waals surface area contributed by atoms with Gasteiger partial charge in [-0.05, 0) is 24.7 Å². The molecule has 0 heterocycles. The van der Waals surface area contributed by atoms with E-state index in [1.54, 1.807) is 0 Å². The molecule has 0 aromatic rings. The first kappa shape index (κ1) is 13.3. The molecule has 0 spiro atoms. The fourth-order valence-electron chi connectivity index (χ4n) is 3.54. The Morgan fingerprint density at radius 1 is 1.17 bits per heavy atom. The minimum Gasteiger partial charge on any atom is -0.294 e. The van der Waals surface area contributed by atoms with E-state index in [4.69, 9.17) is 0 Å². The van der Waals surface area contributed by atoms with Crippen LogP contribution in [0.4, 0.5) is 0 Å². The van der Waals surface area contributed by atoms with E-state index in [1.807, 2.05) is 0 Å². The molecule has 2 atom stereocenters. The lowest BCUT2D eigenvalue weighted by atomic mass is 9.62. The molecule has 2 rings (SSSR count). The zero-order chi connectivity index (χ0) is 13.6. The molecular weight excluding hydrogens is 220 g/mol. The fraction of sp³-hybridized carbons (Fsp3) is 0.588. The maximum atomic E-state index is 12.6. The van der Waals surface area contributed by atoms with Gasteiger partial charge in [0.25, 0.3) is 0 Å². The van der Waals surface area contributed by atoms with Gasteiger partial charge in [0.1, 0.15) is 0 Å². The number of carbonyl (C=O) groups excluding carboxylic acids is 1. The molecule has 1 heteroatoms. The zero-order valence-corrected chi connectivity index (χ0v) is 12.2. The monoisotopic (exact) mass is 244 g/mol. The summed E-state index contributed by atoms with van der Waals surface area (Å²) in [5, 5.41) is 0. The first-order valence-corrected chi connectivity index (χ1v) is 6.86. The lowest BCUT2D eigenvalue weighted by Gasteiger charge is -2.41. The molecule has 1 nitrogen and oxygen atoms in total. The molecule has 0 radical (unpaired) electrons. The van der Waals surface area contributed by atoms with Gasteiger partial charge in [-0.25, -0.2) is 0 Å². The van der Waals surface area contributed by atoms with Gasteiger partial charge < -0.3 is 0 Å². The van der Waals surface area contributed by atoms with Gasteiger partial charge in [-0.1, -0.05) is 57.6 Å². The summed E-state index contributed by atoms with van der Waals surface area (Å²) in [7, 11) is 0. The number of ketones is 1. The Labute approximate surface area is 111 Å². The summed E-state index contributed by atoms with van der Waals surface area (Å²) < 4.78 is 0. The van der Waals surface area contributed by atoms with E-state index < -0.39 is 0 Å². The number of hydrogen-bond acceptors (Lipinski definition) is 1. The summed E-state index contributed by atoms with van der Waals surface area (Å²) in [6.45, 7) is 10.9. The van der Waals surface area contributed by atoms with Gasteiger partial charge in [0.2, 0.25) is 0 Å². The van der Waals surface area contributed by atoms with Crippen molar-refractivity contribution >= 4 is 5.78 Å². The Balaban J connectivity index is 2.47. The minimum atomic E-state index is -0.119. The smallest absolute Gasteiger partial charge is 0.160 e. The Bertz CT molecular complexity index is 462.